The summed E-state index contributed by atoms with van der Waals surface area (Å²) < 4.78 is 5.39. The Morgan fingerprint density at radius 1 is 1.24 bits per heavy atom. The third kappa shape index (κ3) is 3.90. The fraction of sp³-hybridized carbons (Fsp3) is 0.467. The molecule has 0 bridgehead atoms. The lowest BCUT2D eigenvalue weighted by molar-refractivity contribution is 0.299. The molecule has 0 saturated carbocycles. The summed E-state index contributed by atoms with van der Waals surface area (Å²) in [5.41, 5.74) is 2.38. The number of hydrogen-bond acceptors (Lipinski definition) is 2. The lowest BCUT2D eigenvalue weighted by atomic mass is 10.0. The highest BCUT2D eigenvalue weighted by molar-refractivity contribution is 5.57. The zero-order valence-corrected chi connectivity index (χ0v) is 11.1. The Bertz CT molecular complexity index is 342. The van der Waals surface area contributed by atoms with Gasteiger partial charge in [0.1, 0.15) is 5.76 Å². The van der Waals surface area contributed by atoms with Crippen LogP contribution in [-0.2, 0) is 4.74 Å². The molecule has 1 unspecified atom stereocenters. The second-order valence-electron chi connectivity index (χ2n) is 4.00. The molecular weight excluding hydrogens is 210 g/mol. The third-order valence-electron chi connectivity index (χ3n) is 2.81. The van der Waals surface area contributed by atoms with Crippen LogP contribution >= 0.6 is 0 Å². The van der Waals surface area contributed by atoms with Gasteiger partial charge in [-0.2, -0.15) is 0 Å². The van der Waals surface area contributed by atoms with Crippen molar-refractivity contribution >= 4 is 5.76 Å². The van der Waals surface area contributed by atoms with Gasteiger partial charge in [0.2, 0.25) is 0 Å². The van der Waals surface area contributed by atoms with E-state index in [-0.39, 0.29) is 0 Å². The molecule has 94 valence electrons. The third-order valence-corrected chi connectivity index (χ3v) is 2.81. The first kappa shape index (κ1) is 13.8. The highest BCUT2D eigenvalue weighted by atomic mass is 16.5. The molecule has 0 aliphatic heterocycles. The molecule has 1 atom stereocenters. The average molecular weight is 233 g/mol. The number of nitrogens with one attached hydrogen (secondary N) is 1. The van der Waals surface area contributed by atoms with Crippen LogP contribution in [0, 0.1) is 0 Å². The van der Waals surface area contributed by atoms with E-state index in [4.69, 9.17) is 4.74 Å². The van der Waals surface area contributed by atoms with Gasteiger partial charge in [-0.05, 0) is 25.5 Å². The molecule has 17 heavy (non-hydrogen) atoms. The van der Waals surface area contributed by atoms with Crippen LogP contribution in [0.15, 0.2) is 30.8 Å². The first-order valence-corrected chi connectivity index (χ1v) is 6.38. The van der Waals surface area contributed by atoms with Crippen molar-refractivity contribution in [1.29, 1.82) is 0 Å². The Kier molecular flexibility index (Phi) is 5.78. The molecule has 2 heteroatoms. The molecule has 0 aromatic heterocycles. The summed E-state index contributed by atoms with van der Waals surface area (Å²) in [6.07, 6.45) is 1.10. The SMILES string of the molecule is C=C(OCC)c1ccc(C(CC)NCC)cc1. The van der Waals surface area contributed by atoms with Crippen LogP contribution in [0.1, 0.15) is 44.4 Å². The molecule has 2 nitrogen and oxygen atoms in total. The largest absolute Gasteiger partial charge is 0.494 e. The Balaban J connectivity index is 2.76. The van der Waals surface area contributed by atoms with Crippen LogP contribution in [0.5, 0.6) is 0 Å². The van der Waals surface area contributed by atoms with Crippen LogP contribution in [0.2, 0.25) is 0 Å². The topological polar surface area (TPSA) is 21.3 Å². The summed E-state index contributed by atoms with van der Waals surface area (Å²) in [6.45, 7) is 11.9. The number of hydrogen-bond donors (Lipinski definition) is 1. The summed E-state index contributed by atoms with van der Waals surface area (Å²) in [7, 11) is 0. The van der Waals surface area contributed by atoms with Crippen molar-refractivity contribution in [1.82, 2.24) is 5.32 Å². The van der Waals surface area contributed by atoms with Crippen LogP contribution in [0.4, 0.5) is 0 Å². The van der Waals surface area contributed by atoms with Gasteiger partial charge in [-0.25, -0.2) is 0 Å². The molecule has 0 radical (unpaired) electrons. The lowest BCUT2D eigenvalue weighted by Crippen LogP contribution is -2.19. The van der Waals surface area contributed by atoms with Gasteiger partial charge < -0.3 is 10.1 Å². The van der Waals surface area contributed by atoms with E-state index in [1.807, 2.05) is 6.92 Å². The quantitative estimate of drug-likeness (QED) is 0.724. The molecule has 1 N–H and O–H groups in total. The Morgan fingerprint density at radius 3 is 2.35 bits per heavy atom. The van der Waals surface area contributed by atoms with Crippen LogP contribution in [-0.4, -0.2) is 13.2 Å². The molecule has 1 rings (SSSR count). The minimum atomic E-state index is 0.439. The van der Waals surface area contributed by atoms with Crippen molar-refractivity contribution in [2.24, 2.45) is 0 Å². The van der Waals surface area contributed by atoms with Crippen molar-refractivity contribution in [3.8, 4) is 0 Å². The van der Waals surface area contributed by atoms with E-state index in [0.717, 1.165) is 24.3 Å². The van der Waals surface area contributed by atoms with Crippen molar-refractivity contribution in [3.63, 3.8) is 0 Å². The zero-order valence-electron chi connectivity index (χ0n) is 11.1. The van der Waals surface area contributed by atoms with E-state index in [1.165, 1.54) is 5.56 Å². The van der Waals surface area contributed by atoms with Gasteiger partial charge in [-0.3, -0.25) is 0 Å². The van der Waals surface area contributed by atoms with Crippen molar-refractivity contribution in [2.45, 2.75) is 33.2 Å². The molecule has 0 fully saturated rings. The van der Waals surface area contributed by atoms with Gasteiger partial charge >= 0.3 is 0 Å². The predicted molar refractivity (Wildman–Crippen MR) is 73.8 cm³/mol. The van der Waals surface area contributed by atoms with Gasteiger partial charge in [-0.15, -0.1) is 0 Å². The Hall–Kier alpha value is -1.28. The fourth-order valence-electron chi connectivity index (χ4n) is 1.90. The van der Waals surface area contributed by atoms with E-state index in [2.05, 4.69) is 50.0 Å². The van der Waals surface area contributed by atoms with E-state index in [1.54, 1.807) is 0 Å². The van der Waals surface area contributed by atoms with E-state index in [0.29, 0.717) is 12.6 Å². The smallest absolute Gasteiger partial charge is 0.119 e. The van der Waals surface area contributed by atoms with Crippen molar-refractivity contribution in [3.05, 3.63) is 42.0 Å². The van der Waals surface area contributed by atoms with Gasteiger partial charge in [0, 0.05) is 11.6 Å². The van der Waals surface area contributed by atoms with E-state index >= 15 is 0 Å². The average Bonchev–Trinajstić information content (AvgIpc) is 2.36. The monoisotopic (exact) mass is 233 g/mol. The van der Waals surface area contributed by atoms with Gasteiger partial charge in [-0.1, -0.05) is 44.7 Å². The summed E-state index contributed by atoms with van der Waals surface area (Å²) in [4.78, 5) is 0. The molecule has 0 spiro atoms. The number of rotatable bonds is 7. The molecule has 0 aliphatic rings. The van der Waals surface area contributed by atoms with Crippen LogP contribution < -0.4 is 5.32 Å². The molecule has 1 aromatic carbocycles. The summed E-state index contributed by atoms with van der Waals surface area (Å²) in [5, 5.41) is 3.47. The summed E-state index contributed by atoms with van der Waals surface area (Å²) >= 11 is 0. The normalized spacial score (nSPS) is 12.2. The van der Waals surface area contributed by atoms with Gasteiger partial charge in [0.15, 0.2) is 0 Å². The maximum absolute atomic E-state index is 5.39. The molecule has 0 saturated heterocycles. The first-order valence-electron chi connectivity index (χ1n) is 6.38. The number of benzene rings is 1. The zero-order chi connectivity index (χ0) is 12.7. The molecule has 0 amide bonds. The maximum atomic E-state index is 5.39. The summed E-state index contributed by atoms with van der Waals surface area (Å²) in [6, 6.07) is 8.89. The molecule has 0 heterocycles. The predicted octanol–water partition coefficient (Wildman–Crippen LogP) is 3.75. The van der Waals surface area contributed by atoms with Crippen molar-refractivity contribution in [2.75, 3.05) is 13.2 Å². The maximum Gasteiger partial charge on any atom is 0.119 e. The minimum absolute atomic E-state index is 0.439. The Morgan fingerprint density at radius 2 is 1.88 bits per heavy atom. The van der Waals surface area contributed by atoms with Gasteiger partial charge in [0.05, 0.1) is 6.61 Å². The summed E-state index contributed by atoms with van der Waals surface area (Å²) in [5.74, 6) is 0.746. The second-order valence-corrected chi connectivity index (χ2v) is 4.00. The Labute approximate surface area is 105 Å². The van der Waals surface area contributed by atoms with Crippen molar-refractivity contribution < 1.29 is 4.74 Å². The van der Waals surface area contributed by atoms with Crippen LogP contribution in [0.25, 0.3) is 5.76 Å². The molecule has 0 aliphatic carbocycles. The van der Waals surface area contributed by atoms with E-state index < -0.39 is 0 Å². The fourth-order valence-corrected chi connectivity index (χ4v) is 1.90. The minimum Gasteiger partial charge on any atom is -0.494 e. The standard InChI is InChI=1S/C15H23NO/c1-5-15(16-6-2)14-10-8-13(9-11-14)12(4)17-7-3/h8-11,15-16H,4-7H2,1-3H3. The molecular formula is C15H23NO. The molecule has 1 aromatic rings. The second kappa shape index (κ2) is 7.13. The highest BCUT2D eigenvalue weighted by Crippen LogP contribution is 2.20. The first-order chi connectivity index (χ1) is 8.22. The van der Waals surface area contributed by atoms with E-state index in [9.17, 15) is 0 Å². The highest BCUT2D eigenvalue weighted by Gasteiger charge is 2.07. The van der Waals surface area contributed by atoms with Crippen LogP contribution in [0.3, 0.4) is 0 Å². The number of ether oxygens (including phenoxy) is 1. The van der Waals surface area contributed by atoms with Gasteiger partial charge in [0.25, 0.3) is 0 Å². The lowest BCUT2D eigenvalue weighted by Gasteiger charge is -2.16.